The fourth-order valence-electron chi connectivity index (χ4n) is 4.14. The zero-order chi connectivity index (χ0) is 25.4. The third-order valence-corrected chi connectivity index (χ3v) is 5.93. The maximum atomic E-state index is 13.7. The molecule has 4 aromatic carbocycles. The normalized spacial score (nSPS) is 13.2. The van der Waals surface area contributed by atoms with Gasteiger partial charge in [0, 0.05) is 17.8 Å². The number of nitro benzene ring substituents is 1. The number of methoxy groups -OCH3 is 1. The molecular formula is C29H26N2O5. The van der Waals surface area contributed by atoms with Crippen LogP contribution in [0.2, 0.25) is 0 Å². The van der Waals surface area contributed by atoms with E-state index in [1.807, 2.05) is 91.0 Å². The van der Waals surface area contributed by atoms with E-state index >= 15 is 0 Å². The second kappa shape index (κ2) is 11.3. The van der Waals surface area contributed by atoms with Crippen LogP contribution in [0.15, 0.2) is 115 Å². The number of para-hydroxylation sites is 1. The summed E-state index contributed by atoms with van der Waals surface area (Å²) in [7, 11) is 1.33. The van der Waals surface area contributed by atoms with Crippen LogP contribution < -0.4 is 5.32 Å². The Morgan fingerprint density at radius 1 is 0.861 bits per heavy atom. The fraction of sp³-hybridized carbons (Fsp3) is 0.138. The van der Waals surface area contributed by atoms with Crippen molar-refractivity contribution in [1.29, 1.82) is 0 Å². The number of carbonyl (C=O) groups excluding carboxylic acids is 1. The van der Waals surface area contributed by atoms with Crippen molar-refractivity contribution in [2.75, 3.05) is 12.4 Å². The molecular weight excluding hydrogens is 456 g/mol. The number of non-ortho nitro benzene ring substituents is 1. The minimum atomic E-state index is -1.59. The van der Waals surface area contributed by atoms with E-state index in [1.54, 1.807) is 12.1 Å². The van der Waals surface area contributed by atoms with E-state index in [0.29, 0.717) is 11.1 Å². The van der Waals surface area contributed by atoms with Crippen molar-refractivity contribution in [3.8, 4) is 0 Å². The number of hydrogen-bond donors (Lipinski definition) is 1. The summed E-state index contributed by atoms with van der Waals surface area (Å²) in [5, 5.41) is 14.6. The van der Waals surface area contributed by atoms with Crippen molar-refractivity contribution in [3.05, 3.63) is 142 Å². The van der Waals surface area contributed by atoms with E-state index < -0.39 is 22.5 Å². The zero-order valence-corrected chi connectivity index (χ0v) is 19.7. The Morgan fingerprint density at radius 3 is 1.97 bits per heavy atom. The first-order valence-electron chi connectivity index (χ1n) is 11.4. The number of anilines is 1. The van der Waals surface area contributed by atoms with Gasteiger partial charge in [-0.3, -0.25) is 10.1 Å². The number of nitrogens with zero attached hydrogens (tertiary/aromatic N) is 1. The van der Waals surface area contributed by atoms with Crippen LogP contribution in [-0.2, 0) is 26.5 Å². The molecule has 0 saturated heterocycles. The molecule has 0 aliphatic carbocycles. The lowest BCUT2D eigenvalue weighted by Crippen LogP contribution is -2.48. The van der Waals surface area contributed by atoms with Gasteiger partial charge in [0.05, 0.1) is 24.7 Å². The second-order valence-corrected chi connectivity index (χ2v) is 8.16. The standard InChI is InChI=1S/C29H26N2O5/c1-35-28(32)29(24-13-7-3-8-14-24,36-21-22-17-19-26(20-18-22)31(33)34)27(23-11-5-2-6-12-23)30-25-15-9-4-10-16-25/h2-20,27,30H,21H2,1H3/t27-,29-/m0/s1. The lowest BCUT2D eigenvalue weighted by molar-refractivity contribution is -0.384. The molecule has 0 aliphatic rings. The van der Waals surface area contributed by atoms with Crippen molar-refractivity contribution < 1.29 is 19.2 Å². The highest BCUT2D eigenvalue weighted by Crippen LogP contribution is 2.43. The summed E-state index contributed by atoms with van der Waals surface area (Å²) >= 11 is 0. The Balaban J connectivity index is 1.85. The number of rotatable bonds is 10. The predicted molar refractivity (Wildman–Crippen MR) is 137 cm³/mol. The van der Waals surface area contributed by atoms with Crippen LogP contribution in [-0.4, -0.2) is 18.0 Å². The summed E-state index contributed by atoms with van der Waals surface area (Å²) in [6.45, 7) is 0.0157. The summed E-state index contributed by atoms with van der Waals surface area (Å²) in [6, 6.07) is 33.7. The molecule has 0 heterocycles. The van der Waals surface area contributed by atoms with Gasteiger partial charge in [-0.2, -0.15) is 0 Å². The smallest absolute Gasteiger partial charge is 0.345 e. The van der Waals surface area contributed by atoms with Crippen molar-refractivity contribution in [2.24, 2.45) is 0 Å². The fourth-order valence-corrected chi connectivity index (χ4v) is 4.14. The summed E-state index contributed by atoms with van der Waals surface area (Å²) in [4.78, 5) is 24.3. The highest BCUT2D eigenvalue weighted by atomic mass is 16.6. The summed E-state index contributed by atoms with van der Waals surface area (Å²) in [6.07, 6.45) is 0. The molecule has 0 bridgehead atoms. The highest BCUT2D eigenvalue weighted by molar-refractivity contribution is 5.83. The number of hydrogen-bond acceptors (Lipinski definition) is 6. The Morgan fingerprint density at radius 2 is 1.42 bits per heavy atom. The molecule has 4 aromatic rings. The Hall–Kier alpha value is -4.49. The number of nitro groups is 1. The van der Waals surface area contributed by atoms with E-state index in [-0.39, 0.29) is 12.3 Å². The van der Waals surface area contributed by atoms with Crippen molar-refractivity contribution >= 4 is 17.3 Å². The van der Waals surface area contributed by atoms with E-state index in [2.05, 4.69) is 5.32 Å². The maximum Gasteiger partial charge on any atom is 0.345 e. The third kappa shape index (κ3) is 5.26. The molecule has 0 amide bonds. The van der Waals surface area contributed by atoms with Gasteiger partial charge in [-0.25, -0.2) is 4.79 Å². The monoisotopic (exact) mass is 482 g/mol. The van der Waals surface area contributed by atoms with Gasteiger partial charge in [-0.05, 0) is 41.0 Å². The number of ether oxygens (including phenoxy) is 2. The highest BCUT2D eigenvalue weighted by Gasteiger charge is 2.51. The minimum Gasteiger partial charge on any atom is -0.467 e. The van der Waals surface area contributed by atoms with Crippen LogP contribution in [0.1, 0.15) is 22.7 Å². The Bertz CT molecular complexity index is 1280. The van der Waals surface area contributed by atoms with Gasteiger partial charge < -0.3 is 14.8 Å². The van der Waals surface area contributed by atoms with Crippen molar-refractivity contribution in [1.82, 2.24) is 0 Å². The molecule has 0 saturated carbocycles. The molecule has 36 heavy (non-hydrogen) atoms. The topological polar surface area (TPSA) is 90.7 Å². The largest absolute Gasteiger partial charge is 0.467 e. The summed E-state index contributed by atoms with van der Waals surface area (Å²) < 4.78 is 11.9. The molecule has 0 radical (unpaired) electrons. The minimum absolute atomic E-state index is 0.0157. The SMILES string of the molecule is COC(=O)[C@](OCc1ccc([N+](=O)[O-])cc1)(c1ccccc1)[C@@H](Nc1ccccc1)c1ccccc1. The number of carbonyl (C=O) groups is 1. The number of nitrogens with one attached hydrogen (secondary N) is 1. The average molecular weight is 483 g/mol. The zero-order valence-electron chi connectivity index (χ0n) is 19.7. The molecule has 182 valence electrons. The lowest BCUT2D eigenvalue weighted by Gasteiger charge is -2.39. The van der Waals surface area contributed by atoms with Gasteiger partial charge in [-0.1, -0.05) is 78.9 Å². The Labute approximate surface area is 209 Å². The van der Waals surface area contributed by atoms with Crippen LogP contribution in [0, 0.1) is 10.1 Å². The molecule has 7 heteroatoms. The van der Waals surface area contributed by atoms with Crippen LogP contribution in [0.3, 0.4) is 0 Å². The molecule has 2 atom stereocenters. The first-order valence-corrected chi connectivity index (χ1v) is 11.4. The van der Waals surface area contributed by atoms with E-state index in [1.165, 1.54) is 19.2 Å². The third-order valence-electron chi connectivity index (χ3n) is 5.93. The number of benzene rings is 4. The molecule has 7 nitrogen and oxygen atoms in total. The predicted octanol–water partition coefficient (Wildman–Crippen LogP) is 6.03. The summed E-state index contributed by atoms with van der Waals surface area (Å²) in [5.41, 5.74) is 1.30. The van der Waals surface area contributed by atoms with E-state index in [4.69, 9.17) is 9.47 Å². The maximum absolute atomic E-state index is 13.7. The molecule has 0 aromatic heterocycles. The number of esters is 1. The van der Waals surface area contributed by atoms with Gasteiger partial charge in [0.2, 0.25) is 5.60 Å². The van der Waals surface area contributed by atoms with Gasteiger partial charge in [0.25, 0.3) is 5.69 Å². The van der Waals surface area contributed by atoms with Gasteiger partial charge >= 0.3 is 5.97 Å². The molecule has 0 unspecified atom stereocenters. The molecule has 0 aliphatic heterocycles. The van der Waals surface area contributed by atoms with Gasteiger partial charge in [0.1, 0.15) is 0 Å². The van der Waals surface area contributed by atoms with Crippen molar-refractivity contribution in [2.45, 2.75) is 18.2 Å². The quantitative estimate of drug-likeness (QED) is 0.169. The van der Waals surface area contributed by atoms with Gasteiger partial charge in [-0.15, -0.1) is 0 Å². The first kappa shape index (κ1) is 24.6. The molecule has 0 spiro atoms. The van der Waals surface area contributed by atoms with Crippen molar-refractivity contribution in [3.63, 3.8) is 0 Å². The molecule has 4 rings (SSSR count). The second-order valence-electron chi connectivity index (χ2n) is 8.16. The van der Waals surface area contributed by atoms with E-state index in [9.17, 15) is 14.9 Å². The van der Waals surface area contributed by atoms with Crippen LogP contribution in [0.5, 0.6) is 0 Å². The van der Waals surface area contributed by atoms with E-state index in [0.717, 1.165) is 11.3 Å². The first-order chi connectivity index (χ1) is 17.5. The lowest BCUT2D eigenvalue weighted by atomic mass is 9.81. The summed E-state index contributed by atoms with van der Waals surface area (Å²) in [5.74, 6) is -0.576. The van der Waals surface area contributed by atoms with Gasteiger partial charge in [0.15, 0.2) is 0 Å². The molecule has 0 fully saturated rings. The van der Waals surface area contributed by atoms with Crippen LogP contribution >= 0.6 is 0 Å². The molecule has 1 N–H and O–H groups in total. The van der Waals surface area contributed by atoms with Crippen LogP contribution in [0.4, 0.5) is 11.4 Å². The van der Waals surface area contributed by atoms with Crippen LogP contribution in [0.25, 0.3) is 0 Å². The Kier molecular flexibility index (Phi) is 7.72. The average Bonchev–Trinajstić information content (AvgIpc) is 2.94.